The van der Waals surface area contributed by atoms with Gasteiger partial charge < -0.3 is 18.9 Å². The molecule has 5 bridgehead atoms. The minimum atomic E-state index is -0.557. The van der Waals surface area contributed by atoms with Gasteiger partial charge in [-0.1, -0.05) is 6.92 Å². The number of ether oxygens (including phenoxy) is 4. The van der Waals surface area contributed by atoms with Gasteiger partial charge in [-0.3, -0.25) is 4.90 Å². The predicted molar refractivity (Wildman–Crippen MR) is 85.8 cm³/mol. The Hall–Kier alpha value is -1.53. The second-order valence-corrected chi connectivity index (χ2v) is 8.55. The highest BCUT2D eigenvalue weighted by Gasteiger charge is 2.83. The van der Waals surface area contributed by atoms with Crippen molar-refractivity contribution in [3.8, 4) is 0 Å². The molecule has 8 atom stereocenters. The number of carbonyl (C=O) groups excluding carboxylic acids is 1. The van der Waals surface area contributed by atoms with Crippen molar-refractivity contribution in [3.63, 3.8) is 0 Å². The zero-order valence-electron chi connectivity index (χ0n) is 15.0. The first-order valence-corrected chi connectivity index (χ1v) is 9.28. The lowest BCUT2D eigenvalue weighted by molar-refractivity contribution is -0.255. The van der Waals surface area contributed by atoms with E-state index in [9.17, 15) is 4.79 Å². The quantitative estimate of drug-likeness (QED) is 0.677. The van der Waals surface area contributed by atoms with Crippen molar-refractivity contribution in [1.82, 2.24) is 4.90 Å². The van der Waals surface area contributed by atoms with E-state index >= 15 is 0 Å². The molecule has 0 N–H and O–H groups in total. The Bertz CT molecular complexity index is 787. The van der Waals surface area contributed by atoms with Gasteiger partial charge in [0.1, 0.15) is 5.76 Å². The maximum absolute atomic E-state index is 12.1. The highest BCUT2D eigenvalue weighted by atomic mass is 16.7. The van der Waals surface area contributed by atoms with Crippen LogP contribution in [0.1, 0.15) is 33.6 Å². The molecular formula is C19H23NO5. The first-order chi connectivity index (χ1) is 11.9. The van der Waals surface area contributed by atoms with Crippen LogP contribution in [-0.2, 0) is 23.7 Å². The number of allylic oxidation sites excluding steroid dienone is 1. The fourth-order valence-electron chi connectivity index (χ4n) is 6.93. The van der Waals surface area contributed by atoms with E-state index in [0.29, 0.717) is 29.1 Å². The molecule has 0 saturated carbocycles. The summed E-state index contributed by atoms with van der Waals surface area (Å²) in [6.07, 6.45) is 2.45. The number of esters is 1. The first kappa shape index (κ1) is 14.6. The average molecular weight is 345 g/mol. The third kappa shape index (κ3) is 1.29. The summed E-state index contributed by atoms with van der Waals surface area (Å²) in [6.45, 7) is 7.39. The van der Waals surface area contributed by atoms with Crippen molar-refractivity contribution in [1.29, 1.82) is 0 Å². The fourth-order valence-corrected chi connectivity index (χ4v) is 6.93. The van der Waals surface area contributed by atoms with Gasteiger partial charge in [0.05, 0.1) is 30.2 Å². The molecule has 1 unspecified atom stereocenters. The maximum Gasteiger partial charge on any atom is 0.343 e. The van der Waals surface area contributed by atoms with Gasteiger partial charge in [0, 0.05) is 17.9 Å². The number of hydrogen-bond acceptors (Lipinski definition) is 6. The number of nitrogens with zero attached hydrogens (tertiary/aromatic N) is 1. The third-order valence-corrected chi connectivity index (χ3v) is 7.88. The maximum atomic E-state index is 12.1. The van der Waals surface area contributed by atoms with E-state index in [-0.39, 0.29) is 29.4 Å². The zero-order valence-corrected chi connectivity index (χ0v) is 15.0. The van der Waals surface area contributed by atoms with E-state index < -0.39 is 5.79 Å². The van der Waals surface area contributed by atoms with E-state index in [1.54, 1.807) is 14.0 Å². The standard InChI is InChI=1S/C19H23NO5/c1-8-13-10-7-12-18(3)11(5-6-20(10)18)19(13,24-12)25-15(8)16-14(22-4)9(2)17(21)23-16/h8,10-13H,5-7H2,1-4H3/b16-15-/t8-,10-,11-,12-,13+,18+,19+/m0/s1. The van der Waals surface area contributed by atoms with Crippen LogP contribution in [0, 0.1) is 17.8 Å². The molecule has 5 saturated heterocycles. The Labute approximate surface area is 146 Å². The van der Waals surface area contributed by atoms with Crippen LogP contribution in [0.15, 0.2) is 22.9 Å². The summed E-state index contributed by atoms with van der Waals surface area (Å²) in [7, 11) is 1.57. The van der Waals surface area contributed by atoms with Crippen LogP contribution >= 0.6 is 0 Å². The highest BCUT2D eigenvalue weighted by Crippen LogP contribution is 2.72. The minimum absolute atomic E-state index is 0.100. The summed E-state index contributed by atoms with van der Waals surface area (Å²) in [5.41, 5.74) is 0.600. The summed E-state index contributed by atoms with van der Waals surface area (Å²) in [4.78, 5) is 14.7. The largest absolute Gasteiger partial charge is 0.492 e. The van der Waals surface area contributed by atoms with E-state index in [4.69, 9.17) is 18.9 Å². The topological polar surface area (TPSA) is 57.2 Å². The third-order valence-electron chi connectivity index (χ3n) is 7.88. The molecule has 0 amide bonds. The van der Waals surface area contributed by atoms with E-state index in [1.165, 1.54) is 0 Å². The number of rotatable bonds is 1. The molecule has 6 aliphatic rings. The molecule has 6 heteroatoms. The van der Waals surface area contributed by atoms with Crippen LogP contribution in [0.3, 0.4) is 0 Å². The molecular weight excluding hydrogens is 322 g/mol. The lowest BCUT2D eigenvalue weighted by Crippen LogP contribution is -2.60. The Morgan fingerprint density at radius 3 is 2.92 bits per heavy atom. The van der Waals surface area contributed by atoms with Crippen LogP contribution in [-0.4, -0.2) is 48.0 Å². The molecule has 6 rings (SSSR count). The lowest BCUT2D eigenvalue weighted by atomic mass is 9.71. The van der Waals surface area contributed by atoms with Gasteiger partial charge >= 0.3 is 5.97 Å². The minimum Gasteiger partial charge on any atom is -0.492 e. The predicted octanol–water partition coefficient (Wildman–Crippen LogP) is 1.92. The number of cyclic esters (lactones) is 1. The summed E-state index contributed by atoms with van der Waals surface area (Å²) >= 11 is 0. The number of fused-ring (bicyclic) bond motifs is 1. The molecule has 0 aliphatic carbocycles. The zero-order chi connectivity index (χ0) is 17.3. The average Bonchev–Trinajstić information content (AvgIpc) is 3.26. The van der Waals surface area contributed by atoms with Gasteiger partial charge in [0.15, 0.2) is 5.76 Å². The first-order valence-electron chi connectivity index (χ1n) is 9.28. The van der Waals surface area contributed by atoms with Crippen molar-refractivity contribution < 1.29 is 23.7 Å². The van der Waals surface area contributed by atoms with Gasteiger partial charge in [0.2, 0.25) is 11.5 Å². The molecule has 0 radical (unpaired) electrons. The summed E-state index contributed by atoms with van der Waals surface area (Å²) in [5, 5.41) is 0. The van der Waals surface area contributed by atoms with Crippen molar-refractivity contribution in [3.05, 3.63) is 22.9 Å². The number of piperidine rings is 1. The van der Waals surface area contributed by atoms with Crippen LogP contribution in [0.25, 0.3) is 0 Å². The molecule has 0 aromatic heterocycles. The van der Waals surface area contributed by atoms with Gasteiger partial charge in [-0.05, 0) is 33.2 Å². The van der Waals surface area contributed by atoms with Gasteiger partial charge in [-0.25, -0.2) is 4.79 Å². The van der Waals surface area contributed by atoms with Crippen LogP contribution in [0.4, 0.5) is 0 Å². The van der Waals surface area contributed by atoms with E-state index in [1.807, 2.05) is 0 Å². The number of hydrogen-bond donors (Lipinski definition) is 0. The van der Waals surface area contributed by atoms with Crippen LogP contribution in [0.5, 0.6) is 0 Å². The molecule has 6 aliphatic heterocycles. The summed E-state index contributed by atoms with van der Waals surface area (Å²) in [5.74, 6) is 1.58. The second kappa shape index (κ2) is 4.07. The van der Waals surface area contributed by atoms with Crippen molar-refractivity contribution in [2.45, 2.75) is 57.1 Å². The Morgan fingerprint density at radius 1 is 1.36 bits per heavy atom. The normalized spacial score (nSPS) is 57.4. The van der Waals surface area contributed by atoms with E-state index in [2.05, 4.69) is 18.7 Å². The Balaban J connectivity index is 1.52. The fraction of sp³-hybridized carbons (Fsp3) is 0.737. The van der Waals surface area contributed by atoms with Crippen molar-refractivity contribution in [2.24, 2.45) is 17.8 Å². The highest BCUT2D eigenvalue weighted by molar-refractivity contribution is 5.93. The Kier molecular flexibility index (Phi) is 2.38. The molecule has 25 heavy (non-hydrogen) atoms. The number of carbonyl (C=O) groups is 1. The lowest BCUT2D eigenvalue weighted by Gasteiger charge is -2.47. The summed E-state index contributed by atoms with van der Waals surface area (Å²) in [6, 6.07) is 0.490. The molecule has 5 fully saturated rings. The molecule has 134 valence electrons. The Morgan fingerprint density at radius 2 is 2.16 bits per heavy atom. The van der Waals surface area contributed by atoms with Crippen LogP contribution in [0.2, 0.25) is 0 Å². The van der Waals surface area contributed by atoms with Gasteiger partial charge in [-0.2, -0.15) is 0 Å². The molecule has 6 nitrogen and oxygen atoms in total. The molecule has 0 aromatic rings. The second-order valence-electron chi connectivity index (χ2n) is 8.55. The summed E-state index contributed by atoms with van der Waals surface area (Å²) < 4.78 is 24.2. The molecule has 6 heterocycles. The molecule has 1 spiro atoms. The van der Waals surface area contributed by atoms with Gasteiger partial charge in [0.25, 0.3) is 0 Å². The van der Waals surface area contributed by atoms with Crippen molar-refractivity contribution >= 4 is 5.97 Å². The van der Waals surface area contributed by atoms with Gasteiger partial charge in [-0.15, -0.1) is 0 Å². The smallest absolute Gasteiger partial charge is 0.343 e. The molecule has 0 aromatic carbocycles. The van der Waals surface area contributed by atoms with E-state index in [0.717, 1.165) is 25.1 Å². The van der Waals surface area contributed by atoms with Crippen molar-refractivity contribution in [2.75, 3.05) is 13.7 Å². The monoisotopic (exact) mass is 345 g/mol. The SMILES string of the molecule is COC1=C(C)C(=O)O/C1=C1\O[C@@]23O[C@H]4C[C@@H]([C@H]2[C@@H]1C)N1CC[C@H]3[C@]41C. The number of methoxy groups -OCH3 is 1. The van der Waals surface area contributed by atoms with Crippen LogP contribution < -0.4 is 0 Å².